The van der Waals surface area contributed by atoms with Crippen LogP contribution in [0.5, 0.6) is 5.75 Å². The highest BCUT2D eigenvalue weighted by Gasteiger charge is 2.34. The second kappa shape index (κ2) is 14.5. The minimum Gasteiger partial charge on any atom is -0.495 e. The first-order valence-corrected chi connectivity index (χ1v) is 15.5. The molecule has 42 heavy (non-hydrogen) atoms. The summed E-state index contributed by atoms with van der Waals surface area (Å²) in [6.07, 6.45) is 0.961. The average molecular weight is 618 g/mol. The lowest BCUT2D eigenvalue weighted by molar-refractivity contribution is -0.140. The van der Waals surface area contributed by atoms with Crippen molar-refractivity contribution in [1.29, 1.82) is 0 Å². The lowest BCUT2D eigenvalue weighted by Gasteiger charge is -2.33. The number of rotatable bonds is 13. The summed E-state index contributed by atoms with van der Waals surface area (Å²) >= 11 is 6.36. The number of aryl methyl sites for hydroxylation is 1. The molecule has 0 aliphatic carbocycles. The van der Waals surface area contributed by atoms with Crippen LogP contribution in [0, 0.1) is 12.7 Å². The van der Waals surface area contributed by atoms with Gasteiger partial charge in [0.1, 0.15) is 24.2 Å². The quantitative estimate of drug-likeness (QED) is 0.265. The number of sulfonamides is 1. The van der Waals surface area contributed by atoms with E-state index in [9.17, 15) is 22.4 Å². The molecule has 0 fully saturated rings. The van der Waals surface area contributed by atoms with E-state index < -0.39 is 34.3 Å². The van der Waals surface area contributed by atoms with Gasteiger partial charge in [0.05, 0.1) is 22.7 Å². The number of anilines is 1. The molecule has 0 saturated carbocycles. The fourth-order valence-electron chi connectivity index (χ4n) is 4.32. The molecular formula is C31H37ClFN3O5S. The van der Waals surface area contributed by atoms with Crippen molar-refractivity contribution in [3.8, 4) is 5.75 Å². The normalized spacial score (nSPS) is 12.7. The fraction of sp³-hybridized carbons (Fsp3) is 0.355. The summed E-state index contributed by atoms with van der Waals surface area (Å²) < 4.78 is 47.8. The van der Waals surface area contributed by atoms with Crippen molar-refractivity contribution in [2.24, 2.45) is 0 Å². The molecule has 0 aromatic heterocycles. The molecule has 3 aromatic carbocycles. The zero-order chi connectivity index (χ0) is 31.0. The van der Waals surface area contributed by atoms with Gasteiger partial charge in [0.25, 0.3) is 10.0 Å². The molecule has 2 atom stereocenters. The Morgan fingerprint density at radius 1 is 1.00 bits per heavy atom. The van der Waals surface area contributed by atoms with E-state index in [0.29, 0.717) is 17.7 Å². The van der Waals surface area contributed by atoms with Crippen molar-refractivity contribution in [3.05, 3.63) is 88.7 Å². The molecule has 226 valence electrons. The highest BCUT2D eigenvalue weighted by Crippen LogP contribution is 2.32. The molecular weight excluding hydrogens is 581 g/mol. The lowest BCUT2D eigenvalue weighted by Crippen LogP contribution is -2.53. The molecule has 3 rings (SSSR count). The van der Waals surface area contributed by atoms with Gasteiger partial charge >= 0.3 is 0 Å². The number of nitrogens with zero attached hydrogens (tertiary/aromatic N) is 2. The van der Waals surface area contributed by atoms with E-state index in [0.717, 1.165) is 9.87 Å². The van der Waals surface area contributed by atoms with Gasteiger partial charge in [-0.3, -0.25) is 13.9 Å². The van der Waals surface area contributed by atoms with E-state index in [1.54, 1.807) is 19.1 Å². The fourth-order valence-corrected chi connectivity index (χ4v) is 5.98. The first kappa shape index (κ1) is 32.9. The molecule has 11 heteroatoms. The first-order chi connectivity index (χ1) is 19.9. The molecule has 0 spiro atoms. The molecule has 2 amide bonds. The highest BCUT2D eigenvalue weighted by molar-refractivity contribution is 7.92. The standard InChI is InChI=1S/C31H37ClFN3O5S/c1-6-22(4)34-31(38)28(7-2)35(19-23-10-12-24(33)13-11-23)30(37)20-36(25-14-17-29(41-5)27(32)18-25)42(39,40)26-15-8-21(3)9-16-26/h8-18,22,28H,6-7,19-20H2,1-5H3,(H,34,38)/t22-,28+/m1/s1. The van der Waals surface area contributed by atoms with Crippen LogP contribution in [0.25, 0.3) is 0 Å². The van der Waals surface area contributed by atoms with Gasteiger partial charge in [-0.25, -0.2) is 12.8 Å². The lowest BCUT2D eigenvalue weighted by atomic mass is 10.1. The summed E-state index contributed by atoms with van der Waals surface area (Å²) in [5.41, 5.74) is 1.60. The second-order valence-electron chi connectivity index (χ2n) is 10.0. The Bertz CT molecular complexity index is 1480. The Morgan fingerprint density at radius 3 is 2.19 bits per heavy atom. The smallest absolute Gasteiger partial charge is 0.264 e. The maximum Gasteiger partial charge on any atom is 0.264 e. The summed E-state index contributed by atoms with van der Waals surface area (Å²) in [6.45, 7) is 6.75. The molecule has 0 heterocycles. The molecule has 1 N–H and O–H groups in total. The van der Waals surface area contributed by atoms with E-state index in [1.807, 2.05) is 20.8 Å². The third kappa shape index (κ3) is 8.01. The summed E-state index contributed by atoms with van der Waals surface area (Å²) in [4.78, 5) is 28.8. The van der Waals surface area contributed by atoms with E-state index in [4.69, 9.17) is 16.3 Å². The van der Waals surface area contributed by atoms with Crippen LogP contribution < -0.4 is 14.4 Å². The van der Waals surface area contributed by atoms with Crippen molar-refractivity contribution in [2.45, 2.75) is 64.1 Å². The van der Waals surface area contributed by atoms with Gasteiger partial charge in [-0.15, -0.1) is 0 Å². The SMILES string of the molecule is CC[C@@H](C)NC(=O)[C@H](CC)N(Cc1ccc(F)cc1)C(=O)CN(c1ccc(OC)c(Cl)c1)S(=O)(=O)c1ccc(C)cc1. The van der Waals surface area contributed by atoms with Gasteiger partial charge in [0.15, 0.2) is 0 Å². The van der Waals surface area contributed by atoms with E-state index >= 15 is 0 Å². The summed E-state index contributed by atoms with van der Waals surface area (Å²) in [5.74, 6) is -1.08. The molecule has 0 aliphatic heterocycles. The Hall–Kier alpha value is -3.63. The maximum absolute atomic E-state index is 14.1. The van der Waals surface area contributed by atoms with Crippen LogP contribution in [-0.4, -0.2) is 50.9 Å². The largest absolute Gasteiger partial charge is 0.495 e. The van der Waals surface area contributed by atoms with E-state index in [1.165, 1.54) is 66.6 Å². The van der Waals surface area contributed by atoms with Crippen LogP contribution in [0.1, 0.15) is 44.7 Å². The summed E-state index contributed by atoms with van der Waals surface area (Å²) in [7, 11) is -2.82. The molecule has 8 nitrogen and oxygen atoms in total. The third-order valence-corrected chi connectivity index (χ3v) is 9.05. The predicted molar refractivity (Wildman–Crippen MR) is 163 cm³/mol. The van der Waals surface area contributed by atoms with Crippen LogP contribution in [0.2, 0.25) is 5.02 Å². The van der Waals surface area contributed by atoms with Gasteiger partial charge in [-0.05, 0) is 74.7 Å². The highest BCUT2D eigenvalue weighted by atomic mass is 35.5. The Labute approximate surface area is 252 Å². The van der Waals surface area contributed by atoms with Crippen molar-refractivity contribution < 1.29 is 27.1 Å². The third-order valence-electron chi connectivity index (χ3n) is 6.96. The van der Waals surface area contributed by atoms with Gasteiger partial charge in [-0.2, -0.15) is 0 Å². The van der Waals surface area contributed by atoms with Crippen molar-refractivity contribution >= 4 is 39.1 Å². The average Bonchev–Trinajstić information content (AvgIpc) is 2.96. The number of amides is 2. The number of halogens is 2. The number of ether oxygens (including phenoxy) is 1. The Balaban J connectivity index is 2.09. The number of hydrogen-bond acceptors (Lipinski definition) is 5. The molecule has 0 aliphatic rings. The van der Waals surface area contributed by atoms with Gasteiger partial charge in [0, 0.05) is 12.6 Å². The summed E-state index contributed by atoms with van der Waals surface area (Å²) in [5, 5.41) is 3.08. The molecule has 3 aromatic rings. The second-order valence-corrected chi connectivity index (χ2v) is 12.3. The van der Waals surface area contributed by atoms with Gasteiger partial charge in [0.2, 0.25) is 11.8 Å². The van der Waals surface area contributed by atoms with Crippen LogP contribution in [0.4, 0.5) is 10.1 Å². The number of methoxy groups -OCH3 is 1. The van der Waals surface area contributed by atoms with Gasteiger partial charge < -0.3 is 15.0 Å². The minimum absolute atomic E-state index is 0.0144. The van der Waals surface area contributed by atoms with Crippen molar-refractivity contribution in [1.82, 2.24) is 10.2 Å². The monoisotopic (exact) mass is 617 g/mol. The number of benzene rings is 3. The molecule has 0 bridgehead atoms. The van der Waals surface area contributed by atoms with Crippen LogP contribution in [0.3, 0.4) is 0 Å². The van der Waals surface area contributed by atoms with Gasteiger partial charge in [-0.1, -0.05) is 55.3 Å². The molecule has 0 saturated heterocycles. The number of hydrogen-bond donors (Lipinski definition) is 1. The van der Waals surface area contributed by atoms with Crippen LogP contribution in [-0.2, 0) is 26.2 Å². The van der Waals surface area contributed by atoms with Crippen LogP contribution >= 0.6 is 11.6 Å². The zero-order valence-corrected chi connectivity index (χ0v) is 26.0. The number of nitrogens with one attached hydrogen (secondary N) is 1. The van der Waals surface area contributed by atoms with Crippen molar-refractivity contribution in [3.63, 3.8) is 0 Å². The predicted octanol–water partition coefficient (Wildman–Crippen LogP) is 5.71. The topological polar surface area (TPSA) is 96.0 Å². The minimum atomic E-state index is -4.25. The Kier molecular flexibility index (Phi) is 11.4. The van der Waals surface area contributed by atoms with E-state index in [2.05, 4.69) is 5.32 Å². The maximum atomic E-state index is 14.1. The van der Waals surface area contributed by atoms with Crippen LogP contribution in [0.15, 0.2) is 71.6 Å². The summed E-state index contributed by atoms with van der Waals surface area (Å²) in [6, 6.07) is 15.3. The van der Waals surface area contributed by atoms with E-state index in [-0.39, 0.29) is 40.5 Å². The zero-order valence-electron chi connectivity index (χ0n) is 24.4. The Morgan fingerprint density at radius 2 is 1.64 bits per heavy atom. The molecule has 0 unspecified atom stereocenters. The first-order valence-electron chi connectivity index (χ1n) is 13.7. The number of carbonyl (C=O) groups excluding carboxylic acids is 2. The van der Waals surface area contributed by atoms with Crippen molar-refractivity contribution in [2.75, 3.05) is 18.0 Å². The molecule has 0 radical (unpaired) electrons. The number of carbonyl (C=O) groups is 2.